The van der Waals surface area contributed by atoms with E-state index in [0.717, 1.165) is 28.1 Å². The van der Waals surface area contributed by atoms with Gasteiger partial charge in [-0.05, 0) is 28.8 Å². The lowest BCUT2D eigenvalue weighted by Crippen LogP contribution is -1.99. The fourth-order valence-corrected chi connectivity index (χ4v) is 2.51. The first-order valence-electron chi connectivity index (χ1n) is 7.01. The van der Waals surface area contributed by atoms with Gasteiger partial charge in [-0.2, -0.15) is 0 Å². The lowest BCUT2D eigenvalue weighted by molar-refractivity contribution is 1.50. The summed E-state index contributed by atoms with van der Waals surface area (Å²) in [6, 6.07) is 24.8. The molecular formula is C19H18N2. The van der Waals surface area contributed by atoms with Gasteiger partial charge in [-0.1, -0.05) is 60.7 Å². The van der Waals surface area contributed by atoms with E-state index in [2.05, 4.69) is 41.7 Å². The molecule has 2 heteroatoms. The SMILES string of the molecule is CNc1cc(-c2ccccc2)cc(-c2ccccc2)c1N. The van der Waals surface area contributed by atoms with Crippen LogP contribution >= 0.6 is 0 Å². The molecule has 0 heterocycles. The van der Waals surface area contributed by atoms with Gasteiger partial charge >= 0.3 is 0 Å². The summed E-state index contributed by atoms with van der Waals surface area (Å²) in [5.74, 6) is 0. The zero-order valence-corrected chi connectivity index (χ0v) is 12.0. The van der Waals surface area contributed by atoms with Crippen LogP contribution in [-0.4, -0.2) is 7.05 Å². The molecule has 0 amide bonds. The fraction of sp³-hybridized carbons (Fsp3) is 0.0526. The monoisotopic (exact) mass is 274 g/mol. The Hall–Kier alpha value is -2.74. The van der Waals surface area contributed by atoms with Crippen LogP contribution in [0.25, 0.3) is 22.3 Å². The highest BCUT2D eigenvalue weighted by atomic mass is 14.8. The average molecular weight is 274 g/mol. The van der Waals surface area contributed by atoms with Crippen molar-refractivity contribution in [3.63, 3.8) is 0 Å². The van der Waals surface area contributed by atoms with Crippen molar-refractivity contribution in [1.29, 1.82) is 0 Å². The van der Waals surface area contributed by atoms with Gasteiger partial charge in [0.25, 0.3) is 0 Å². The molecule has 0 aliphatic heterocycles. The predicted molar refractivity (Wildman–Crippen MR) is 91.3 cm³/mol. The summed E-state index contributed by atoms with van der Waals surface area (Å²) in [5.41, 5.74) is 12.6. The maximum Gasteiger partial charge on any atom is 0.0629 e. The molecule has 3 aromatic carbocycles. The van der Waals surface area contributed by atoms with Crippen molar-refractivity contribution in [2.75, 3.05) is 18.1 Å². The molecule has 3 aromatic rings. The number of rotatable bonds is 3. The van der Waals surface area contributed by atoms with E-state index >= 15 is 0 Å². The normalized spacial score (nSPS) is 10.3. The zero-order valence-electron chi connectivity index (χ0n) is 12.0. The van der Waals surface area contributed by atoms with Gasteiger partial charge in [-0.15, -0.1) is 0 Å². The minimum Gasteiger partial charge on any atom is -0.397 e. The van der Waals surface area contributed by atoms with Crippen LogP contribution in [0.1, 0.15) is 0 Å². The number of nitrogens with one attached hydrogen (secondary N) is 1. The minimum absolute atomic E-state index is 0.781. The first kappa shape index (κ1) is 13.3. The van der Waals surface area contributed by atoms with Crippen LogP contribution in [0.15, 0.2) is 72.8 Å². The van der Waals surface area contributed by atoms with Crippen molar-refractivity contribution in [2.45, 2.75) is 0 Å². The number of hydrogen-bond acceptors (Lipinski definition) is 2. The highest BCUT2D eigenvalue weighted by molar-refractivity contribution is 5.90. The molecule has 3 N–H and O–H groups in total. The molecule has 0 aromatic heterocycles. The molecule has 3 rings (SSSR count). The Balaban J connectivity index is 2.21. The Kier molecular flexibility index (Phi) is 3.61. The number of benzene rings is 3. The summed E-state index contributed by atoms with van der Waals surface area (Å²) in [5, 5.41) is 3.19. The molecule has 0 atom stereocenters. The van der Waals surface area contributed by atoms with Crippen LogP contribution in [0, 0.1) is 0 Å². The van der Waals surface area contributed by atoms with Crippen molar-refractivity contribution < 1.29 is 0 Å². The van der Waals surface area contributed by atoms with Crippen molar-refractivity contribution in [3.05, 3.63) is 72.8 Å². The van der Waals surface area contributed by atoms with E-state index in [4.69, 9.17) is 5.73 Å². The summed E-state index contributed by atoms with van der Waals surface area (Å²) in [6.45, 7) is 0. The second kappa shape index (κ2) is 5.71. The number of anilines is 2. The maximum absolute atomic E-state index is 6.31. The van der Waals surface area contributed by atoms with Crippen LogP contribution in [0.3, 0.4) is 0 Å². The molecule has 2 nitrogen and oxygen atoms in total. The van der Waals surface area contributed by atoms with E-state index < -0.39 is 0 Å². The maximum atomic E-state index is 6.31. The molecule has 0 aliphatic rings. The minimum atomic E-state index is 0.781. The van der Waals surface area contributed by atoms with Gasteiger partial charge in [0.05, 0.1) is 11.4 Å². The molecule has 0 saturated heterocycles. The quantitative estimate of drug-likeness (QED) is 0.682. The van der Waals surface area contributed by atoms with Gasteiger partial charge in [0.15, 0.2) is 0 Å². The molecule has 0 fully saturated rings. The Bertz CT molecular complexity index is 734. The van der Waals surface area contributed by atoms with Crippen LogP contribution in [0.5, 0.6) is 0 Å². The molecule has 0 aliphatic carbocycles. The summed E-state index contributed by atoms with van der Waals surface area (Å²) in [6.07, 6.45) is 0. The second-order valence-corrected chi connectivity index (χ2v) is 4.97. The van der Waals surface area contributed by atoms with Crippen LogP contribution in [0.2, 0.25) is 0 Å². The molecular weight excluding hydrogens is 256 g/mol. The third-order valence-electron chi connectivity index (χ3n) is 3.64. The van der Waals surface area contributed by atoms with E-state index in [-0.39, 0.29) is 0 Å². The van der Waals surface area contributed by atoms with E-state index in [1.54, 1.807) is 0 Å². The fourth-order valence-electron chi connectivity index (χ4n) is 2.51. The van der Waals surface area contributed by atoms with Crippen molar-refractivity contribution in [3.8, 4) is 22.3 Å². The van der Waals surface area contributed by atoms with E-state index in [0.29, 0.717) is 0 Å². The molecule has 0 bridgehead atoms. The van der Waals surface area contributed by atoms with Gasteiger partial charge in [-0.3, -0.25) is 0 Å². The van der Waals surface area contributed by atoms with Crippen molar-refractivity contribution in [1.82, 2.24) is 0 Å². The van der Waals surface area contributed by atoms with Gasteiger partial charge < -0.3 is 11.1 Å². The Morgan fingerprint density at radius 1 is 0.714 bits per heavy atom. The van der Waals surface area contributed by atoms with E-state index in [1.165, 1.54) is 5.56 Å². The first-order chi connectivity index (χ1) is 10.3. The highest BCUT2D eigenvalue weighted by Gasteiger charge is 2.10. The molecule has 0 saturated carbocycles. The number of hydrogen-bond donors (Lipinski definition) is 2. The van der Waals surface area contributed by atoms with E-state index in [1.807, 2.05) is 43.4 Å². The molecule has 21 heavy (non-hydrogen) atoms. The summed E-state index contributed by atoms with van der Waals surface area (Å²) < 4.78 is 0. The Labute approximate surface area is 125 Å². The summed E-state index contributed by atoms with van der Waals surface area (Å²) in [4.78, 5) is 0. The van der Waals surface area contributed by atoms with Crippen LogP contribution in [0.4, 0.5) is 11.4 Å². The van der Waals surface area contributed by atoms with Gasteiger partial charge in [-0.25, -0.2) is 0 Å². The van der Waals surface area contributed by atoms with Crippen molar-refractivity contribution in [2.24, 2.45) is 0 Å². The molecule has 0 spiro atoms. The van der Waals surface area contributed by atoms with Crippen LogP contribution < -0.4 is 11.1 Å². The van der Waals surface area contributed by atoms with Gasteiger partial charge in [0.2, 0.25) is 0 Å². The standard InChI is InChI=1S/C19H18N2/c1-21-18-13-16(14-8-4-2-5-9-14)12-17(19(18)20)15-10-6-3-7-11-15/h2-13,21H,20H2,1H3. The highest BCUT2D eigenvalue weighted by Crippen LogP contribution is 2.36. The third-order valence-corrected chi connectivity index (χ3v) is 3.64. The number of nitrogen functional groups attached to an aromatic ring is 1. The zero-order chi connectivity index (χ0) is 14.7. The van der Waals surface area contributed by atoms with Crippen LogP contribution in [-0.2, 0) is 0 Å². The summed E-state index contributed by atoms with van der Waals surface area (Å²) in [7, 11) is 1.90. The topological polar surface area (TPSA) is 38.0 Å². The number of nitrogens with two attached hydrogens (primary N) is 1. The predicted octanol–water partition coefficient (Wildman–Crippen LogP) is 4.64. The average Bonchev–Trinajstić information content (AvgIpc) is 2.56. The van der Waals surface area contributed by atoms with E-state index in [9.17, 15) is 0 Å². The molecule has 104 valence electrons. The Morgan fingerprint density at radius 3 is 1.86 bits per heavy atom. The Morgan fingerprint density at radius 2 is 1.29 bits per heavy atom. The largest absolute Gasteiger partial charge is 0.397 e. The smallest absolute Gasteiger partial charge is 0.0629 e. The first-order valence-corrected chi connectivity index (χ1v) is 7.01. The lowest BCUT2D eigenvalue weighted by Gasteiger charge is -2.14. The molecule has 0 radical (unpaired) electrons. The van der Waals surface area contributed by atoms with Gasteiger partial charge in [0.1, 0.15) is 0 Å². The lowest BCUT2D eigenvalue weighted by atomic mass is 9.96. The third kappa shape index (κ3) is 2.61. The molecule has 0 unspecified atom stereocenters. The van der Waals surface area contributed by atoms with Gasteiger partial charge in [0, 0.05) is 12.6 Å². The summed E-state index contributed by atoms with van der Waals surface area (Å²) >= 11 is 0. The van der Waals surface area contributed by atoms with Crippen molar-refractivity contribution >= 4 is 11.4 Å². The second-order valence-electron chi connectivity index (χ2n) is 4.97.